The molecule has 0 unspecified atom stereocenters. The lowest BCUT2D eigenvalue weighted by Crippen LogP contribution is -2.35. The third-order valence-corrected chi connectivity index (χ3v) is 4.59. The molecular weight excluding hydrogens is 368 g/mol. The van der Waals surface area contributed by atoms with Crippen LogP contribution in [0.25, 0.3) is 10.9 Å². The van der Waals surface area contributed by atoms with E-state index in [9.17, 15) is 9.59 Å². The lowest BCUT2D eigenvalue weighted by atomic mass is 10.2. The van der Waals surface area contributed by atoms with E-state index in [4.69, 9.17) is 0 Å². The zero-order valence-corrected chi connectivity index (χ0v) is 15.7. The zero-order chi connectivity index (χ0) is 20.1. The molecule has 0 aliphatic carbocycles. The van der Waals surface area contributed by atoms with Gasteiger partial charge in [0.25, 0.3) is 5.56 Å². The van der Waals surface area contributed by atoms with Crippen molar-refractivity contribution < 1.29 is 4.79 Å². The molecule has 2 heterocycles. The highest BCUT2D eigenvalue weighted by atomic mass is 16.2. The molecule has 0 bridgehead atoms. The van der Waals surface area contributed by atoms with Crippen LogP contribution in [0.2, 0.25) is 0 Å². The predicted octanol–water partition coefficient (Wildman–Crippen LogP) is 1.40. The Morgan fingerprint density at radius 1 is 1.03 bits per heavy atom. The Kier molecular flexibility index (Phi) is 5.42. The van der Waals surface area contributed by atoms with Crippen molar-refractivity contribution in [1.29, 1.82) is 0 Å². The van der Waals surface area contributed by atoms with Crippen molar-refractivity contribution in [2.24, 2.45) is 0 Å². The Morgan fingerprint density at radius 2 is 1.83 bits per heavy atom. The summed E-state index contributed by atoms with van der Waals surface area (Å²) in [6.45, 7) is 0.974. The minimum absolute atomic E-state index is 0.172. The van der Waals surface area contributed by atoms with Crippen LogP contribution in [0, 0.1) is 0 Å². The van der Waals surface area contributed by atoms with Gasteiger partial charge in [-0.3, -0.25) is 9.59 Å². The van der Waals surface area contributed by atoms with E-state index in [0.717, 1.165) is 17.1 Å². The van der Waals surface area contributed by atoms with Gasteiger partial charge in [-0.05, 0) is 17.7 Å². The summed E-state index contributed by atoms with van der Waals surface area (Å²) in [5, 5.41) is 11.1. The predicted molar refractivity (Wildman–Crippen MR) is 108 cm³/mol. The number of nitrogens with one attached hydrogen (secondary N) is 1. The molecule has 0 aliphatic rings. The molecule has 0 fully saturated rings. The normalized spacial score (nSPS) is 10.9. The Labute approximate surface area is 166 Å². The summed E-state index contributed by atoms with van der Waals surface area (Å²) in [5.74, 6) is 0.592. The largest absolute Gasteiger partial charge is 0.354 e. The van der Waals surface area contributed by atoms with Crippen molar-refractivity contribution in [1.82, 2.24) is 29.9 Å². The molecule has 8 nitrogen and oxygen atoms in total. The number of hydrogen-bond donors (Lipinski definition) is 1. The number of rotatable bonds is 7. The van der Waals surface area contributed by atoms with E-state index in [1.165, 1.54) is 5.56 Å². The van der Waals surface area contributed by atoms with Crippen LogP contribution >= 0.6 is 0 Å². The Morgan fingerprint density at radius 3 is 2.69 bits per heavy atom. The van der Waals surface area contributed by atoms with Crippen molar-refractivity contribution in [3.8, 4) is 0 Å². The van der Waals surface area contributed by atoms with Gasteiger partial charge in [-0.15, -0.1) is 5.10 Å². The van der Waals surface area contributed by atoms with E-state index in [1.54, 1.807) is 30.5 Å². The van der Waals surface area contributed by atoms with Crippen LogP contribution in [-0.4, -0.2) is 37.0 Å². The number of hydrogen-bond acceptors (Lipinski definition) is 5. The molecule has 4 aromatic rings. The van der Waals surface area contributed by atoms with Crippen molar-refractivity contribution in [3.05, 3.63) is 88.7 Å². The van der Waals surface area contributed by atoms with E-state index in [-0.39, 0.29) is 18.0 Å². The molecule has 0 saturated carbocycles. The second kappa shape index (κ2) is 8.47. The molecule has 146 valence electrons. The maximum absolute atomic E-state index is 12.4. The van der Waals surface area contributed by atoms with Crippen molar-refractivity contribution in [2.75, 3.05) is 6.54 Å². The first kappa shape index (κ1) is 18.5. The lowest BCUT2D eigenvalue weighted by Gasteiger charge is -2.09. The maximum Gasteiger partial charge on any atom is 0.278 e. The van der Waals surface area contributed by atoms with E-state index >= 15 is 0 Å². The topological polar surface area (TPSA) is 94.7 Å². The minimum Gasteiger partial charge on any atom is -0.354 e. The molecule has 0 spiro atoms. The molecule has 0 saturated heterocycles. The number of fused-ring (bicyclic) bond motifs is 1. The van der Waals surface area contributed by atoms with Gasteiger partial charge in [0.2, 0.25) is 5.91 Å². The highest BCUT2D eigenvalue weighted by Crippen LogP contribution is 2.06. The number of aromatic nitrogens is 5. The molecule has 4 rings (SSSR count). The number of benzene rings is 2. The smallest absolute Gasteiger partial charge is 0.278 e. The van der Waals surface area contributed by atoms with Gasteiger partial charge in [0, 0.05) is 31.9 Å². The number of amides is 1. The second-order valence-corrected chi connectivity index (χ2v) is 6.63. The van der Waals surface area contributed by atoms with Gasteiger partial charge in [-0.2, -0.15) is 0 Å². The molecule has 1 amide bonds. The molecule has 1 N–H and O–H groups in total. The fraction of sp³-hybridized carbons (Fsp3) is 0.190. The highest BCUT2D eigenvalue weighted by molar-refractivity contribution is 5.78. The number of carbonyl (C=O) groups is 1. The van der Waals surface area contributed by atoms with E-state index < -0.39 is 0 Å². The van der Waals surface area contributed by atoms with Crippen molar-refractivity contribution >= 4 is 16.8 Å². The van der Waals surface area contributed by atoms with Crippen LogP contribution in [0.5, 0.6) is 0 Å². The first-order valence-corrected chi connectivity index (χ1v) is 9.34. The van der Waals surface area contributed by atoms with Crippen LogP contribution in [-0.2, 0) is 24.3 Å². The maximum atomic E-state index is 12.4. The van der Waals surface area contributed by atoms with E-state index in [1.807, 2.05) is 24.4 Å². The third kappa shape index (κ3) is 4.37. The Hall–Kier alpha value is -3.81. The molecular formula is C21H20N6O2. The van der Waals surface area contributed by atoms with Gasteiger partial charge >= 0.3 is 0 Å². The zero-order valence-electron chi connectivity index (χ0n) is 15.7. The van der Waals surface area contributed by atoms with Gasteiger partial charge in [0.05, 0.1) is 5.39 Å². The van der Waals surface area contributed by atoms with Crippen LogP contribution in [0.1, 0.15) is 11.4 Å². The SMILES string of the molecule is O=C(Cn1nnc2ccccc2c1=O)NCCc1nccn1Cc1ccccc1. The minimum atomic E-state index is -0.329. The quantitative estimate of drug-likeness (QED) is 0.516. The average molecular weight is 388 g/mol. The average Bonchev–Trinajstić information content (AvgIpc) is 3.18. The molecule has 0 aliphatic heterocycles. The van der Waals surface area contributed by atoms with Gasteiger partial charge in [-0.1, -0.05) is 47.7 Å². The molecule has 2 aromatic carbocycles. The summed E-state index contributed by atoms with van der Waals surface area (Å²) in [6, 6.07) is 17.1. The molecule has 0 atom stereocenters. The molecule has 29 heavy (non-hydrogen) atoms. The molecule has 2 aromatic heterocycles. The Bertz CT molecular complexity index is 1180. The highest BCUT2D eigenvalue weighted by Gasteiger charge is 2.10. The summed E-state index contributed by atoms with van der Waals surface area (Å²) < 4.78 is 3.13. The molecule has 8 heteroatoms. The van der Waals surface area contributed by atoms with Crippen molar-refractivity contribution in [2.45, 2.75) is 19.5 Å². The fourth-order valence-corrected chi connectivity index (χ4v) is 3.12. The van der Waals surface area contributed by atoms with Crippen LogP contribution < -0.4 is 10.9 Å². The van der Waals surface area contributed by atoms with Crippen LogP contribution in [0.3, 0.4) is 0 Å². The van der Waals surface area contributed by atoms with Gasteiger partial charge < -0.3 is 9.88 Å². The van der Waals surface area contributed by atoms with Gasteiger partial charge in [0.15, 0.2) is 0 Å². The van der Waals surface area contributed by atoms with Crippen LogP contribution in [0.15, 0.2) is 71.8 Å². The van der Waals surface area contributed by atoms with Gasteiger partial charge in [-0.25, -0.2) is 9.67 Å². The van der Waals surface area contributed by atoms with E-state index in [0.29, 0.717) is 23.9 Å². The number of carbonyl (C=O) groups excluding carboxylic acids is 1. The first-order chi connectivity index (χ1) is 14.2. The summed E-state index contributed by atoms with van der Waals surface area (Å²) >= 11 is 0. The number of imidazole rings is 1. The monoisotopic (exact) mass is 388 g/mol. The molecule has 0 radical (unpaired) electrons. The fourth-order valence-electron chi connectivity index (χ4n) is 3.12. The summed E-state index contributed by atoms with van der Waals surface area (Å²) in [7, 11) is 0. The summed E-state index contributed by atoms with van der Waals surface area (Å²) in [5.41, 5.74) is 1.37. The number of nitrogens with zero attached hydrogens (tertiary/aromatic N) is 5. The van der Waals surface area contributed by atoms with Crippen LogP contribution in [0.4, 0.5) is 0 Å². The standard InChI is InChI=1S/C21H20N6O2/c28-20(15-27-21(29)17-8-4-5-9-18(17)24-25-27)23-11-10-19-22-12-13-26(19)14-16-6-2-1-3-7-16/h1-9,12-13H,10-11,14-15H2,(H,23,28). The van der Waals surface area contributed by atoms with E-state index in [2.05, 4.69) is 37.3 Å². The first-order valence-electron chi connectivity index (χ1n) is 9.34. The Balaban J connectivity index is 1.34. The summed E-state index contributed by atoms with van der Waals surface area (Å²) in [4.78, 5) is 29.0. The second-order valence-electron chi connectivity index (χ2n) is 6.63. The lowest BCUT2D eigenvalue weighted by molar-refractivity contribution is -0.121. The van der Waals surface area contributed by atoms with Gasteiger partial charge in [0.1, 0.15) is 17.9 Å². The van der Waals surface area contributed by atoms with Crippen molar-refractivity contribution in [3.63, 3.8) is 0 Å². The summed E-state index contributed by atoms with van der Waals surface area (Å²) in [6.07, 6.45) is 4.27. The third-order valence-electron chi connectivity index (χ3n) is 4.59.